The molecule has 0 saturated carbocycles. The molecular weight excluding hydrogens is 370 g/mol. The molecule has 1 heterocycles. The Labute approximate surface area is 158 Å². The normalized spacial score (nSPS) is 13.8. The van der Waals surface area contributed by atoms with Gasteiger partial charge in [-0.2, -0.15) is 0 Å². The first kappa shape index (κ1) is 19.0. The molecule has 0 aliphatic carbocycles. The molecule has 0 aromatic heterocycles. The molecule has 0 fully saturated rings. The van der Waals surface area contributed by atoms with Crippen LogP contribution in [-0.4, -0.2) is 33.3 Å². The van der Waals surface area contributed by atoms with E-state index < -0.39 is 16.2 Å². The highest BCUT2D eigenvalue weighted by atomic mass is 32.2. The van der Waals surface area contributed by atoms with Crippen molar-refractivity contribution >= 4 is 21.9 Å². The molecule has 0 unspecified atom stereocenters. The second kappa shape index (κ2) is 7.11. The fourth-order valence-corrected chi connectivity index (χ4v) is 5.43. The quantitative estimate of drug-likeness (QED) is 0.633. The van der Waals surface area contributed by atoms with Gasteiger partial charge in [-0.1, -0.05) is 6.07 Å². The van der Waals surface area contributed by atoms with E-state index >= 15 is 0 Å². The van der Waals surface area contributed by atoms with Crippen molar-refractivity contribution in [2.45, 2.75) is 31.6 Å². The molecule has 1 N–H and O–H groups in total. The topological polar surface area (TPSA) is 93.1 Å². The molecule has 0 spiro atoms. The van der Waals surface area contributed by atoms with Crippen molar-refractivity contribution in [1.82, 2.24) is 0 Å². The number of carbonyl (C=O) groups is 1. The highest BCUT2D eigenvalue weighted by Crippen LogP contribution is 2.37. The zero-order chi connectivity index (χ0) is 19.8. The number of ether oxygens (including phenoxy) is 2. The Balaban J connectivity index is 2.11. The van der Waals surface area contributed by atoms with Crippen LogP contribution >= 0.6 is 0 Å². The van der Waals surface area contributed by atoms with Gasteiger partial charge in [-0.25, -0.2) is 13.2 Å². The standard InChI is InChI=1S/C19H21NO6S/c1-12-9-16(25-3)10-13(2)18(12)27(23,24)20-8-4-5-14-6-7-15(11-17(14)20)26-19(21)22/h6-7,9-11H,4-5,8H2,1-3H3,(H,21,22). The minimum Gasteiger partial charge on any atom is -0.497 e. The fourth-order valence-electron chi connectivity index (χ4n) is 3.48. The molecular formula is C19H21NO6S. The van der Waals surface area contributed by atoms with Gasteiger partial charge in [0.05, 0.1) is 17.7 Å². The molecule has 144 valence electrons. The van der Waals surface area contributed by atoms with E-state index in [1.54, 1.807) is 32.0 Å². The third-order valence-electron chi connectivity index (χ3n) is 4.56. The van der Waals surface area contributed by atoms with Crippen molar-refractivity contribution < 1.29 is 27.8 Å². The van der Waals surface area contributed by atoms with Crippen LogP contribution in [0, 0.1) is 13.8 Å². The molecule has 27 heavy (non-hydrogen) atoms. The number of methoxy groups -OCH3 is 1. The van der Waals surface area contributed by atoms with Crippen LogP contribution in [0.1, 0.15) is 23.1 Å². The minimum atomic E-state index is -3.83. The van der Waals surface area contributed by atoms with Gasteiger partial charge in [0.15, 0.2) is 0 Å². The third kappa shape index (κ3) is 3.57. The van der Waals surface area contributed by atoms with Gasteiger partial charge in [-0.15, -0.1) is 0 Å². The van der Waals surface area contributed by atoms with Gasteiger partial charge < -0.3 is 14.6 Å². The van der Waals surface area contributed by atoms with Crippen LogP contribution in [0.2, 0.25) is 0 Å². The number of hydrogen-bond donors (Lipinski definition) is 1. The summed E-state index contributed by atoms with van der Waals surface area (Å²) in [7, 11) is -2.30. The molecule has 3 rings (SSSR count). The second-order valence-corrected chi connectivity index (χ2v) is 8.23. The van der Waals surface area contributed by atoms with Gasteiger partial charge in [0.1, 0.15) is 11.5 Å². The van der Waals surface area contributed by atoms with Crippen molar-refractivity contribution in [3.8, 4) is 11.5 Å². The van der Waals surface area contributed by atoms with E-state index in [1.807, 2.05) is 0 Å². The second-order valence-electron chi connectivity index (χ2n) is 6.43. The predicted octanol–water partition coefficient (Wildman–Crippen LogP) is 3.51. The van der Waals surface area contributed by atoms with Crippen LogP contribution in [-0.2, 0) is 16.4 Å². The van der Waals surface area contributed by atoms with Crippen molar-refractivity contribution in [3.63, 3.8) is 0 Å². The number of sulfonamides is 1. The van der Waals surface area contributed by atoms with Crippen LogP contribution in [0.3, 0.4) is 0 Å². The van der Waals surface area contributed by atoms with E-state index in [0.29, 0.717) is 35.5 Å². The zero-order valence-corrected chi connectivity index (χ0v) is 16.2. The summed E-state index contributed by atoms with van der Waals surface area (Å²) < 4.78 is 38.2. The van der Waals surface area contributed by atoms with Crippen LogP contribution < -0.4 is 13.8 Å². The lowest BCUT2D eigenvalue weighted by Crippen LogP contribution is -2.36. The number of fused-ring (bicyclic) bond motifs is 1. The molecule has 2 aromatic rings. The maximum atomic E-state index is 13.5. The molecule has 0 saturated heterocycles. The zero-order valence-electron chi connectivity index (χ0n) is 15.4. The van der Waals surface area contributed by atoms with E-state index in [0.717, 1.165) is 12.0 Å². The van der Waals surface area contributed by atoms with Gasteiger partial charge >= 0.3 is 6.16 Å². The molecule has 8 heteroatoms. The first-order chi connectivity index (χ1) is 12.7. The number of nitrogens with zero attached hydrogens (tertiary/aromatic N) is 1. The Morgan fingerprint density at radius 1 is 1.11 bits per heavy atom. The smallest absolute Gasteiger partial charge is 0.497 e. The molecule has 0 atom stereocenters. The van der Waals surface area contributed by atoms with E-state index in [9.17, 15) is 13.2 Å². The maximum absolute atomic E-state index is 13.5. The minimum absolute atomic E-state index is 0.0894. The first-order valence-corrected chi connectivity index (χ1v) is 9.89. The van der Waals surface area contributed by atoms with E-state index in [2.05, 4.69) is 0 Å². The van der Waals surface area contributed by atoms with Crippen molar-refractivity contribution in [3.05, 3.63) is 47.0 Å². The number of benzene rings is 2. The Kier molecular flexibility index (Phi) is 5.01. The summed E-state index contributed by atoms with van der Waals surface area (Å²) in [4.78, 5) is 11.1. The highest BCUT2D eigenvalue weighted by Gasteiger charge is 2.32. The lowest BCUT2D eigenvalue weighted by Gasteiger charge is -2.31. The lowest BCUT2D eigenvalue weighted by atomic mass is 10.0. The molecule has 2 aromatic carbocycles. The summed E-state index contributed by atoms with van der Waals surface area (Å²) in [5, 5.41) is 8.83. The Morgan fingerprint density at radius 3 is 2.37 bits per heavy atom. The average Bonchev–Trinajstić information content (AvgIpc) is 2.59. The number of hydrogen-bond acceptors (Lipinski definition) is 5. The summed E-state index contributed by atoms with van der Waals surface area (Å²) in [5.74, 6) is 0.687. The average molecular weight is 391 g/mol. The van der Waals surface area contributed by atoms with Crippen LogP contribution in [0.5, 0.6) is 11.5 Å². The van der Waals surface area contributed by atoms with Crippen LogP contribution in [0.25, 0.3) is 0 Å². The number of carboxylic acid groups (broad SMARTS) is 1. The number of anilines is 1. The van der Waals surface area contributed by atoms with Gasteiger partial charge in [-0.05, 0) is 61.6 Å². The summed E-state index contributed by atoms with van der Waals surface area (Å²) in [6, 6.07) is 8.09. The SMILES string of the molecule is COc1cc(C)c(S(=O)(=O)N2CCCc3ccc(OC(=O)O)cc32)c(C)c1. The summed E-state index contributed by atoms with van der Waals surface area (Å²) in [6.07, 6.45) is -0.0449. The monoisotopic (exact) mass is 391 g/mol. The van der Waals surface area contributed by atoms with Gasteiger partial charge in [0.25, 0.3) is 10.0 Å². The Hall–Kier alpha value is -2.74. The van der Waals surface area contributed by atoms with E-state index in [4.69, 9.17) is 14.6 Å². The summed E-state index contributed by atoms with van der Waals surface area (Å²) in [6.45, 7) is 3.78. The predicted molar refractivity (Wildman–Crippen MR) is 100 cm³/mol. The van der Waals surface area contributed by atoms with Crippen molar-refractivity contribution in [2.24, 2.45) is 0 Å². The number of rotatable bonds is 4. The number of aryl methyl sites for hydroxylation is 3. The van der Waals surface area contributed by atoms with Gasteiger partial charge in [0, 0.05) is 12.6 Å². The molecule has 1 aliphatic heterocycles. The van der Waals surface area contributed by atoms with E-state index in [1.165, 1.54) is 23.5 Å². The molecule has 7 nitrogen and oxygen atoms in total. The summed E-state index contributed by atoms with van der Waals surface area (Å²) in [5.41, 5.74) is 2.48. The molecule has 0 bridgehead atoms. The van der Waals surface area contributed by atoms with Crippen molar-refractivity contribution in [2.75, 3.05) is 18.0 Å². The first-order valence-electron chi connectivity index (χ1n) is 8.45. The fraction of sp³-hybridized carbons (Fsp3) is 0.316. The van der Waals surface area contributed by atoms with Gasteiger partial charge in [-0.3, -0.25) is 4.31 Å². The molecule has 1 aliphatic rings. The largest absolute Gasteiger partial charge is 0.511 e. The molecule has 0 amide bonds. The summed E-state index contributed by atoms with van der Waals surface area (Å²) >= 11 is 0. The lowest BCUT2D eigenvalue weighted by molar-refractivity contribution is 0.144. The molecule has 0 radical (unpaired) electrons. The van der Waals surface area contributed by atoms with Crippen molar-refractivity contribution in [1.29, 1.82) is 0 Å². The Morgan fingerprint density at radius 2 is 1.78 bits per heavy atom. The third-order valence-corrected chi connectivity index (χ3v) is 6.67. The maximum Gasteiger partial charge on any atom is 0.511 e. The van der Waals surface area contributed by atoms with E-state index in [-0.39, 0.29) is 10.6 Å². The van der Waals surface area contributed by atoms with Crippen LogP contribution in [0.4, 0.5) is 10.5 Å². The van der Waals surface area contributed by atoms with Gasteiger partial charge in [0.2, 0.25) is 0 Å². The van der Waals surface area contributed by atoms with Crippen LogP contribution in [0.15, 0.2) is 35.2 Å². The Bertz CT molecular complexity index is 976. The highest BCUT2D eigenvalue weighted by molar-refractivity contribution is 7.93.